The molecule has 7 nitrogen and oxygen atoms in total. The van der Waals surface area contributed by atoms with Crippen LogP contribution in [0, 0.1) is 5.82 Å². The van der Waals surface area contributed by atoms with E-state index in [-0.39, 0.29) is 23.8 Å². The number of hydrogen-bond donors (Lipinski definition) is 0. The third kappa shape index (κ3) is 5.46. The number of ether oxygens (including phenoxy) is 2. The van der Waals surface area contributed by atoms with Crippen LogP contribution >= 0.6 is 27.5 Å². The first-order valence-electron chi connectivity index (χ1n) is 12.4. The first-order chi connectivity index (χ1) is 19.9. The van der Waals surface area contributed by atoms with Crippen molar-refractivity contribution in [3.63, 3.8) is 0 Å². The zero-order valence-electron chi connectivity index (χ0n) is 21.5. The summed E-state index contributed by atoms with van der Waals surface area (Å²) in [4.78, 5) is 18.3. The molecule has 0 spiro atoms. The molecule has 0 saturated heterocycles. The fraction of sp³-hybridized carbons (Fsp3) is 0.0645. The highest BCUT2D eigenvalue weighted by atomic mass is 79.9. The molecule has 2 heterocycles. The lowest BCUT2D eigenvalue weighted by molar-refractivity contribution is 0.284. The van der Waals surface area contributed by atoms with Gasteiger partial charge in [0.1, 0.15) is 18.0 Å². The molecule has 0 aliphatic carbocycles. The van der Waals surface area contributed by atoms with Gasteiger partial charge in [-0.05, 0) is 82.2 Å². The number of hydrogen-bond acceptors (Lipinski definition) is 6. The van der Waals surface area contributed by atoms with E-state index in [4.69, 9.17) is 30.5 Å². The van der Waals surface area contributed by atoms with Gasteiger partial charge in [-0.15, -0.1) is 0 Å². The fourth-order valence-electron chi connectivity index (χ4n) is 4.30. The molecular formula is C31H20BrClFN3O4. The first kappa shape index (κ1) is 26.7. The maximum absolute atomic E-state index is 13.6. The maximum atomic E-state index is 13.6. The number of para-hydroxylation sites is 1. The van der Waals surface area contributed by atoms with E-state index in [2.05, 4.69) is 21.0 Å². The van der Waals surface area contributed by atoms with Crippen LogP contribution in [-0.4, -0.2) is 23.0 Å². The van der Waals surface area contributed by atoms with Crippen LogP contribution in [0.3, 0.4) is 0 Å². The Labute approximate surface area is 246 Å². The third-order valence-corrected chi connectivity index (χ3v) is 7.28. The second kappa shape index (κ2) is 11.2. The van der Waals surface area contributed by atoms with Crippen LogP contribution in [0.1, 0.15) is 11.1 Å². The lowest BCUT2D eigenvalue weighted by Gasteiger charge is -2.13. The molecule has 0 bridgehead atoms. The monoisotopic (exact) mass is 631 g/mol. The van der Waals surface area contributed by atoms with Crippen LogP contribution < -0.4 is 15.0 Å². The molecule has 0 aliphatic heterocycles. The van der Waals surface area contributed by atoms with E-state index in [0.717, 1.165) is 10.9 Å². The van der Waals surface area contributed by atoms with Crippen LogP contribution in [0.15, 0.2) is 104 Å². The summed E-state index contributed by atoms with van der Waals surface area (Å²) < 4.78 is 32.6. The Morgan fingerprint density at radius 1 is 1.05 bits per heavy atom. The van der Waals surface area contributed by atoms with E-state index < -0.39 is 0 Å². The summed E-state index contributed by atoms with van der Waals surface area (Å²) in [5.74, 6) is 1.22. The number of rotatable bonds is 7. The number of furan rings is 1. The molecular weight excluding hydrogens is 613 g/mol. The topological polar surface area (TPSA) is 78.9 Å². The van der Waals surface area contributed by atoms with E-state index in [1.54, 1.807) is 66.7 Å². The van der Waals surface area contributed by atoms with Gasteiger partial charge >= 0.3 is 0 Å². The van der Waals surface area contributed by atoms with Gasteiger partial charge in [-0.2, -0.15) is 9.78 Å². The summed E-state index contributed by atoms with van der Waals surface area (Å²) in [6.07, 6.45) is 1.53. The van der Waals surface area contributed by atoms with Gasteiger partial charge in [0.25, 0.3) is 5.56 Å². The number of fused-ring (bicyclic) bond motifs is 2. The molecule has 2 aromatic heterocycles. The van der Waals surface area contributed by atoms with Gasteiger partial charge in [0.15, 0.2) is 17.3 Å². The summed E-state index contributed by atoms with van der Waals surface area (Å²) >= 11 is 9.72. The normalized spacial score (nSPS) is 11.5. The summed E-state index contributed by atoms with van der Waals surface area (Å²) in [7, 11) is 1.53. The molecule has 0 unspecified atom stereocenters. The summed E-state index contributed by atoms with van der Waals surface area (Å²) in [5.41, 5.74) is 2.19. The Morgan fingerprint density at radius 2 is 1.85 bits per heavy atom. The largest absolute Gasteiger partial charge is 0.493 e. The van der Waals surface area contributed by atoms with E-state index in [9.17, 15) is 9.18 Å². The van der Waals surface area contributed by atoms with Crippen LogP contribution in [-0.2, 0) is 6.61 Å². The summed E-state index contributed by atoms with van der Waals surface area (Å²) in [6, 6.07) is 23.6. The quantitative estimate of drug-likeness (QED) is 0.168. The predicted octanol–water partition coefficient (Wildman–Crippen LogP) is 7.83. The number of aromatic nitrogens is 2. The van der Waals surface area contributed by atoms with Crippen LogP contribution in [0.5, 0.6) is 11.5 Å². The Hall–Kier alpha value is -4.47. The fourth-order valence-corrected chi connectivity index (χ4v) is 4.90. The van der Waals surface area contributed by atoms with Crippen LogP contribution in [0.4, 0.5) is 4.39 Å². The lowest BCUT2D eigenvalue weighted by Crippen LogP contribution is -2.20. The molecule has 0 atom stereocenters. The molecule has 0 fully saturated rings. The van der Waals surface area contributed by atoms with Gasteiger partial charge in [0.2, 0.25) is 5.82 Å². The van der Waals surface area contributed by atoms with Crippen molar-refractivity contribution in [2.75, 3.05) is 7.11 Å². The van der Waals surface area contributed by atoms with Crippen molar-refractivity contribution in [2.45, 2.75) is 6.61 Å². The van der Waals surface area contributed by atoms with Gasteiger partial charge in [0.05, 0.1) is 24.2 Å². The van der Waals surface area contributed by atoms with Gasteiger partial charge < -0.3 is 13.9 Å². The van der Waals surface area contributed by atoms with Gasteiger partial charge in [-0.3, -0.25) is 4.79 Å². The molecule has 41 heavy (non-hydrogen) atoms. The molecule has 4 aromatic carbocycles. The van der Waals surface area contributed by atoms with Crippen molar-refractivity contribution in [3.05, 3.63) is 122 Å². The predicted molar refractivity (Wildman–Crippen MR) is 161 cm³/mol. The first-order valence-corrected chi connectivity index (χ1v) is 13.6. The van der Waals surface area contributed by atoms with Crippen molar-refractivity contribution in [3.8, 4) is 23.1 Å². The zero-order valence-corrected chi connectivity index (χ0v) is 23.8. The smallest absolute Gasteiger partial charge is 0.282 e. The highest BCUT2D eigenvalue weighted by molar-refractivity contribution is 9.10. The highest BCUT2D eigenvalue weighted by Gasteiger charge is 2.17. The van der Waals surface area contributed by atoms with Gasteiger partial charge in [-0.25, -0.2) is 9.37 Å². The van der Waals surface area contributed by atoms with Crippen molar-refractivity contribution in [2.24, 2.45) is 5.10 Å². The molecule has 204 valence electrons. The molecule has 0 aliphatic rings. The van der Waals surface area contributed by atoms with Crippen molar-refractivity contribution >= 4 is 55.6 Å². The van der Waals surface area contributed by atoms with Crippen LogP contribution in [0.2, 0.25) is 5.02 Å². The number of benzene rings is 4. The van der Waals surface area contributed by atoms with Crippen LogP contribution in [0.25, 0.3) is 33.5 Å². The summed E-state index contributed by atoms with van der Waals surface area (Å²) in [6.45, 7) is 0.223. The minimum absolute atomic E-state index is 0.223. The van der Waals surface area contributed by atoms with E-state index in [0.29, 0.717) is 48.8 Å². The van der Waals surface area contributed by atoms with Crippen molar-refractivity contribution in [1.29, 1.82) is 0 Å². The molecule has 0 radical (unpaired) electrons. The number of halogens is 3. The molecule has 0 amide bonds. The van der Waals surface area contributed by atoms with E-state index in [1.807, 2.05) is 6.07 Å². The molecule has 0 saturated carbocycles. The Balaban J connectivity index is 1.39. The molecule has 0 N–H and O–H groups in total. The van der Waals surface area contributed by atoms with Crippen molar-refractivity contribution in [1.82, 2.24) is 9.66 Å². The molecule has 6 rings (SSSR count). The zero-order chi connectivity index (χ0) is 28.5. The number of nitrogens with zero attached hydrogens (tertiary/aromatic N) is 3. The minimum atomic E-state index is -0.359. The molecule has 6 aromatic rings. The second-order valence-corrected chi connectivity index (χ2v) is 10.3. The second-order valence-electron chi connectivity index (χ2n) is 9.05. The van der Waals surface area contributed by atoms with Crippen molar-refractivity contribution < 1.29 is 18.3 Å². The maximum Gasteiger partial charge on any atom is 0.282 e. The van der Waals surface area contributed by atoms with E-state index in [1.165, 1.54) is 30.1 Å². The van der Waals surface area contributed by atoms with Gasteiger partial charge in [0, 0.05) is 20.4 Å². The summed E-state index contributed by atoms with van der Waals surface area (Å²) in [5, 5.41) is 6.28. The lowest BCUT2D eigenvalue weighted by atomic mass is 10.2. The SMILES string of the molecule is COc1cc(C=Nn2c(-c3cc4cc(Cl)ccc4o3)nc3ccccc3c2=O)c(Br)cc1OCc1ccc(F)cc1. The molecule has 10 heteroatoms. The standard InChI is InChI=1S/C31H20BrClFN3O4/c1-39-27-14-20(24(32)15-28(27)40-17-18-6-9-22(34)10-7-18)16-35-37-30(36-25-5-3-2-4-23(25)31(37)38)29-13-19-12-21(33)8-11-26(19)41-29/h2-16H,17H2,1H3. The minimum Gasteiger partial charge on any atom is -0.493 e. The average Bonchev–Trinajstić information content (AvgIpc) is 3.40. The Bertz CT molecular complexity index is 2000. The van der Waals surface area contributed by atoms with E-state index >= 15 is 0 Å². The Morgan fingerprint density at radius 3 is 2.66 bits per heavy atom. The van der Waals surface area contributed by atoms with Gasteiger partial charge in [-0.1, -0.05) is 35.9 Å². The highest BCUT2D eigenvalue weighted by Crippen LogP contribution is 2.34. The average molecular weight is 633 g/mol. The third-order valence-electron chi connectivity index (χ3n) is 6.36. The number of methoxy groups -OCH3 is 1. The Kier molecular flexibility index (Phi) is 7.30.